The average molecular weight is 484 g/mol. The number of carbonyl (C=O) groups excluding carboxylic acids is 2. The molecule has 2 aliphatic heterocycles. The Morgan fingerprint density at radius 2 is 2.17 bits per heavy atom. The first kappa shape index (κ1) is 24.8. The van der Waals surface area contributed by atoms with Crippen molar-refractivity contribution in [2.75, 3.05) is 38.5 Å². The highest BCUT2D eigenvalue weighted by molar-refractivity contribution is 6.26. The summed E-state index contributed by atoms with van der Waals surface area (Å²) in [6.45, 7) is 2.79. The van der Waals surface area contributed by atoms with E-state index in [1.54, 1.807) is 18.1 Å². The van der Waals surface area contributed by atoms with Crippen molar-refractivity contribution in [3.05, 3.63) is 47.7 Å². The van der Waals surface area contributed by atoms with Crippen molar-refractivity contribution in [2.24, 2.45) is 4.99 Å². The van der Waals surface area contributed by atoms with E-state index in [1.165, 1.54) is 30.5 Å². The maximum Gasteiger partial charge on any atom is 0.264 e. The van der Waals surface area contributed by atoms with Gasteiger partial charge in [-0.15, -0.1) is 0 Å². The summed E-state index contributed by atoms with van der Waals surface area (Å²) in [4.78, 5) is 40.4. The topological polar surface area (TPSA) is 123 Å². The molecular formula is C24H30FN7O3. The smallest absolute Gasteiger partial charge is 0.264 e. The van der Waals surface area contributed by atoms with E-state index in [2.05, 4.69) is 30.5 Å². The molecule has 0 saturated carbocycles. The summed E-state index contributed by atoms with van der Waals surface area (Å²) in [5.74, 6) is 0.515. The Hall–Kier alpha value is -3.28. The monoisotopic (exact) mass is 483 g/mol. The number of fused-ring (bicyclic) bond motifs is 1. The fourth-order valence-electron chi connectivity index (χ4n) is 4.08. The van der Waals surface area contributed by atoms with Crippen LogP contribution in [0.2, 0.25) is 0 Å². The third-order valence-electron chi connectivity index (χ3n) is 6.26. The molecule has 1 saturated heterocycles. The van der Waals surface area contributed by atoms with E-state index in [-0.39, 0.29) is 23.7 Å². The number of hydrogen-bond acceptors (Lipinski definition) is 8. The normalized spacial score (nSPS) is 20.5. The molecule has 0 bridgehead atoms. The van der Waals surface area contributed by atoms with Crippen LogP contribution in [0.25, 0.3) is 0 Å². The van der Waals surface area contributed by atoms with Crippen LogP contribution < -0.4 is 10.6 Å². The van der Waals surface area contributed by atoms with Crippen molar-refractivity contribution in [3.63, 3.8) is 0 Å². The summed E-state index contributed by atoms with van der Waals surface area (Å²) in [6, 6.07) is 5.51. The second-order valence-corrected chi connectivity index (χ2v) is 8.85. The van der Waals surface area contributed by atoms with Crippen molar-refractivity contribution >= 4 is 29.5 Å². The van der Waals surface area contributed by atoms with Crippen LogP contribution in [0.3, 0.4) is 0 Å². The molecule has 2 aliphatic rings. The number of carbonyl (C=O) groups is 2. The average Bonchev–Trinajstić information content (AvgIpc) is 2.85. The molecule has 0 aliphatic carbocycles. The number of piperidine rings is 1. The molecule has 1 fully saturated rings. The standard InChI is InChI=1S/C24H30FN7O3/c1-31(23(35)14-26-18-5-3-17(25)4-6-18)10-11-32-9-8-19(20(33)15-32)27-13-21-28-12-16-2-7-22(34)30-24(16)29-21/h3-6,12,14,19-20,27,33H,2,7-11,13,15H2,1H3,(H,28,29,30,34). The molecule has 35 heavy (non-hydrogen) atoms. The quantitative estimate of drug-likeness (QED) is 0.477. The molecule has 3 heterocycles. The van der Waals surface area contributed by atoms with Gasteiger partial charge < -0.3 is 20.6 Å². The fraction of sp³-hybridized carbons (Fsp3) is 0.458. The minimum absolute atomic E-state index is 0.0367. The van der Waals surface area contributed by atoms with Crippen molar-refractivity contribution in [3.8, 4) is 0 Å². The first-order valence-corrected chi connectivity index (χ1v) is 11.7. The van der Waals surface area contributed by atoms with Crippen molar-refractivity contribution in [1.82, 2.24) is 25.1 Å². The fourth-order valence-corrected chi connectivity index (χ4v) is 4.08. The van der Waals surface area contributed by atoms with Crippen LogP contribution in [0.15, 0.2) is 35.5 Å². The minimum atomic E-state index is -0.567. The SMILES string of the molecule is CN(CCN1CCC(NCc2ncc3c(n2)NC(=O)CC3)C(O)C1)C(=O)C=Nc1ccc(F)cc1. The number of likely N-dealkylation sites (N-methyl/N-ethyl adjacent to an activating group) is 1. The molecule has 10 nitrogen and oxygen atoms in total. The highest BCUT2D eigenvalue weighted by Crippen LogP contribution is 2.19. The molecule has 0 radical (unpaired) electrons. The van der Waals surface area contributed by atoms with E-state index in [0.29, 0.717) is 56.4 Å². The lowest BCUT2D eigenvalue weighted by Crippen LogP contribution is -2.53. The number of β-amino-alcohol motifs (C(OH)–C–C–N with tert-alkyl or cyclic N) is 1. The highest BCUT2D eigenvalue weighted by Gasteiger charge is 2.28. The maximum absolute atomic E-state index is 13.0. The number of hydrogen-bond donors (Lipinski definition) is 3. The van der Waals surface area contributed by atoms with Crippen LogP contribution in [-0.2, 0) is 22.6 Å². The number of anilines is 1. The van der Waals surface area contributed by atoms with Crippen LogP contribution in [0.1, 0.15) is 24.2 Å². The Labute approximate surface area is 203 Å². The summed E-state index contributed by atoms with van der Waals surface area (Å²) in [5.41, 5.74) is 1.45. The van der Waals surface area contributed by atoms with E-state index in [0.717, 1.165) is 18.5 Å². The van der Waals surface area contributed by atoms with E-state index in [9.17, 15) is 19.1 Å². The highest BCUT2D eigenvalue weighted by atomic mass is 19.1. The number of nitrogens with zero attached hydrogens (tertiary/aromatic N) is 5. The number of nitrogens with one attached hydrogen (secondary N) is 2. The zero-order chi connectivity index (χ0) is 24.8. The molecule has 2 aromatic rings. The number of likely N-dealkylation sites (tertiary alicyclic amines) is 1. The van der Waals surface area contributed by atoms with Gasteiger partial charge in [0, 0.05) is 50.9 Å². The van der Waals surface area contributed by atoms with Gasteiger partial charge in [0.1, 0.15) is 17.5 Å². The van der Waals surface area contributed by atoms with Gasteiger partial charge in [-0.1, -0.05) is 0 Å². The molecule has 0 spiro atoms. The Morgan fingerprint density at radius 3 is 2.94 bits per heavy atom. The molecule has 1 aromatic carbocycles. The second-order valence-electron chi connectivity index (χ2n) is 8.85. The van der Waals surface area contributed by atoms with Gasteiger partial charge in [-0.2, -0.15) is 0 Å². The first-order valence-electron chi connectivity index (χ1n) is 11.7. The van der Waals surface area contributed by atoms with Gasteiger partial charge >= 0.3 is 0 Å². The summed E-state index contributed by atoms with van der Waals surface area (Å²) in [5, 5.41) is 16.7. The van der Waals surface area contributed by atoms with Gasteiger partial charge in [0.2, 0.25) is 5.91 Å². The Bertz CT molecular complexity index is 1080. The molecular weight excluding hydrogens is 453 g/mol. The van der Waals surface area contributed by atoms with Crippen molar-refractivity contribution in [1.29, 1.82) is 0 Å². The molecule has 2 atom stereocenters. The third-order valence-corrected chi connectivity index (χ3v) is 6.26. The summed E-state index contributed by atoms with van der Waals surface area (Å²) >= 11 is 0. The molecule has 3 N–H and O–H groups in total. The molecule has 2 amide bonds. The number of aromatic nitrogens is 2. The minimum Gasteiger partial charge on any atom is -0.390 e. The van der Waals surface area contributed by atoms with Gasteiger partial charge in [-0.05, 0) is 43.7 Å². The molecule has 186 valence electrons. The molecule has 4 rings (SSSR count). The largest absolute Gasteiger partial charge is 0.390 e. The number of aliphatic hydroxyl groups excluding tert-OH is 1. The second kappa shape index (κ2) is 11.4. The lowest BCUT2D eigenvalue weighted by Gasteiger charge is -2.36. The van der Waals surface area contributed by atoms with Gasteiger partial charge in [0.15, 0.2) is 0 Å². The Morgan fingerprint density at radius 1 is 1.37 bits per heavy atom. The first-order chi connectivity index (χ1) is 16.9. The Kier molecular flexibility index (Phi) is 8.11. The number of aliphatic hydroxyl groups is 1. The lowest BCUT2D eigenvalue weighted by atomic mass is 10.0. The van der Waals surface area contributed by atoms with E-state index in [1.807, 2.05) is 0 Å². The summed E-state index contributed by atoms with van der Waals surface area (Å²) in [6.07, 6.45) is 4.25. The third kappa shape index (κ3) is 6.87. The zero-order valence-electron chi connectivity index (χ0n) is 19.7. The number of halogens is 1. The number of benzene rings is 1. The van der Waals surface area contributed by atoms with Gasteiger partial charge in [-0.25, -0.2) is 14.4 Å². The number of amides is 2. The van der Waals surface area contributed by atoms with E-state index in [4.69, 9.17) is 0 Å². The molecule has 11 heteroatoms. The van der Waals surface area contributed by atoms with Crippen LogP contribution in [-0.4, -0.2) is 88.3 Å². The van der Waals surface area contributed by atoms with Gasteiger partial charge in [0.05, 0.1) is 24.6 Å². The van der Waals surface area contributed by atoms with Crippen molar-refractivity contribution in [2.45, 2.75) is 38.0 Å². The Balaban J connectivity index is 1.19. The summed E-state index contributed by atoms with van der Waals surface area (Å²) < 4.78 is 13.0. The zero-order valence-corrected chi connectivity index (χ0v) is 19.7. The van der Waals surface area contributed by atoms with Crippen LogP contribution in [0, 0.1) is 5.82 Å². The van der Waals surface area contributed by atoms with Gasteiger partial charge in [-0.3, -0.25) is 19.5 Å². The maximum atomic E-state index is 13.0. The summed E-state index contributed by atoms with van der Waals surface area (Å²) in [7, 11) is 1.70. The van der Waals surface area contributed by atoms with Crippen LogP contribution in [0.4, 0.5) is 15.9 Å². The number of aliphatic imine (C=N–C) groups is 1. The predicted octanol–water partition coefficient (Wildman–Crippen LogP) is 0.886. The van der Waals surface area contributed by atoms with Crippen LogP contribution in [0.5, 0.6) is 0 Å². The number of rotatable bonds is 8. The molecule has 1 aromatic heterocycles. The van der Waals surface area contributed by atoms with Gasteiger partial charge in [0.25, 0.3) is 5.91 Å². The van der Waals surface area contributed by atoms with Crippen LogP contribution >= 0.6 is 0 Å². The van der Waals surface area contributed by atoms with E-state index >= 15 is 0 Å². The van der Waals surface area contributed by atoms with Crippen molar-refractivity contribution < 1.29 is 19.1 Å². The molecule has 2 unspecified atom stereocenters. The predicted molar refractivity (Wildman–Crippen MR) is 129 cm³/mol. The van der Waals surface area contributed by atoms with E-state index < -0.39 is 6.10 Å². The number of aryl methyl sites for hydroxylation is 1. The lowest BCUT2D eigenvalue weighted by molar-refractivity contribution is -0.122.